The number of carboxylic acid groups (broad SMARTS) is 1. The van der Waals surface area contributed by atoms with Gasteiger partial charge in [0.1, 0.15) is 5.54 Å². The molecule has 2 saturated carbocycles. The van der Waals surface area contributed by atoms with Crippen LogP contribution in [0.15, 0.2) is 0 Å². The number of rotatable bonds is 3. The van der Waals surface area contributed by atoms with Crippen LogP contribution in [0.4, 0.5) is 4.79 Å². The van der Waals surface area contributed by atoms with E-state index in [0.29, 0.717) is 12.8 Å². The molecular weight excluding hydrogens is 270 g/mol. The van der Waals surface area contributed by atoms with E-state index in [4.69, 9.17) is 5.73 Å². The van der Waals surface area contributed by atoms with Gasteiger partial charge in [0.25, 0.3) is 0 Å². The second-order valence-electron chi connectivity index (χ2n) is 6.45. The third-order valence-electron chi connectivity index (χ3n) is 4.86. The summed E-state index contributed by atoms with van der Waals surface area (Å²) >= 11 is 0. The minimum atomic E-state index is -1.11. The molecule has 5 N–H and O–H groups in total. The fourth-order valence-electron chi connectivity index (χ4n) is 3.48. The number of nitrogens with two attached hydrogens (primary N) is 1. The van der Waals surface area contributed by atoms with Gasteiger partial charge >= 0.3 is 12.0 Å². The lowest BCUT2D eigenvalue weighted by molar-refractivity contribution is -0.145. The smallest absolute Gasteiger partial charge is 0.329 e. The summed E-state index contributed by atoms with van der Waals surface area (Å²) in [4.78, 5) is 23.9. The summed E-state index contributed by atoms with van der Waals surface area (Å²) < 4.78 is 0. The summed E-state index contributed by atoms with van der Waals surface area (Å²) in [6.07, 6.45) is 8.70. The van der Waals surface area contributed by atoms with Gasteiger partial charge in [-0.15, -0.1) is 0 Å². The number of carbonyl (C=O) groups is 2. The number of urea groups is 1. The largest absolute Gasteiger partial charge is 0.480 e. The van der Waals surface area contributed by atoms with Crippen molar-refractivity contribution in [3.05, 3.63) is 0 Å². The average Bonchev–Trinajstić information content (AvgIpc) is 2.68. The molecule has 2 aliphatic rings. The summed E-state index contributed by atoms with van der Waals surface area (Å²) in [7, 11) is 0. The van der Waals surface area contributed by atoms with Gasteiger partial charge in [0.2, 0.25) is 0 Å². The standard InChI is InChI=1S/C15H27N3O3/c16-11-7-3-4-8-12(11)17-14(21)18-15(13(19)20)9-5-1-2-6-10-15/h11-12H,1-10,16H2,(H,19,20)(H2,17,18,21). The fourth-order valence-corrected chi connectivity index (χ4v) is 3.48. The number of carbonyl (C=O) groups excluding carboxylic acids is 1. The zero-order valence-electron chi connectivity index (χ0n) is 12.6. The molecule has 0 bridgehead atoms. The Morgan fingerprint density at radius 3 is 2.19 bits per heavy atom. The number of amides is 2. The van der Waals surface area contributed by atoms with Crippen LogP contribution in [-0.2, 0) is 4.79 Å². The summed E-state index contributed by atoms with van der Waals surface area (Å²) in [5, 5.41) is 15.2. The first kappa shape index (κ1) is 16.1. The first-order valence-corrected chi connectivity index (χ1v) is 8.11. The van der Waals surface area contributed by atoms with E-state index in [1.165, 1.54) is 0 Å². The average molecular weight is 297 g/mol. The zero-order chi connectivity index (χ0) is 15.3. The fraction of sp³-hybridized carbons (Fsp3) is 0.867. The first-order chi connectivity index (χ1) is 10.0. The third-order valence-corrected chi connectivity index (χ3v) is 4.86. The maximum Gasteiger partial charge on any atom is 0.329 e. The second kappa shape index (κ2) is 7.11. The van der Waals surface area contributed by atoms with Crippen molar-refractivity contribution in [2.75, 3.05) is 0 Å². The Labute approximate surface area is 125 Å². The van der Waals surface area contributed by atoms with Crippen molar-refractivity contribution in [2.45, 2.75) is 81.8 Å². The van der Waals surface area contributed by atoms with Gasteiger partial charge in [-0.05, 0) is 25.7 Å². The summed E-state index contributed by atoms with van der Waals surface area (Å²) in [6.45, 7) is 0. The molecule has 0 aromatic carbocycles. The van der Waals surface area contributed by atoms with E-state index < -0.39 is 11.5 Å². The normalized spacial score (nSPS) is 29.2. The molecule has 2 amide bonds. The van der Waals surface area contributed by atoms with Crippen LogP contribution in [0, 0.1) is 0 Å². The highest BCUT2D eigenvalue weighted by Crippen LogP contribution is 2.27. The minimum absolute atomic E-state index is 0.0283. The van der Waals surface area contributed by atoms with E-state index in [1.54, 1.807) is 0 Å². The lowest BCUT2D eigenvalue weighted by Gasteiger charge is -2.33. The van der Waals surface area contributed by atoms with E-state index in [9.17, 15) is 14.7 Å². The van der Waals surface area contributed by atoms with E-state index >= 15 is 0 Å². The number of hydrogen-bond acceptors (Lipinski definition) is 3. The highest BCUT2D eigenvalue weighted by Gasteiger charge is 2.40. The van der Waals surface area contributed by atoms with Crippen LogP contribution in [-0.4, -0.2) is 34.7 Å². The SMILES string of the molecule is NC1CCCCC1NC(=O)NC1(C(=O)O)CCCCCC1. The Kier molecular flexibility index (Phi) is 5.45. The molecule has 0 aromatic rings. The Morgan fingerprint density at radius 1 is 1.00 bits per heavy atom. The van der Waals surface area contributed by atoms with Crippen LogP contribution >= 0.6 is 0 Å². The molecule has 0 aromatic heterocycles. The molecule has 0 heterocycles. The van der Waals surface area contributed by atoms with Gasteiger partial charge in [-0.3, -0.25) is 0 Å². The van der Waals surface area contributed by atoms with Gasteiger partial charge in [0, 0.05) is 12.1 Å². The third kappa shape index (κ3) is 4.09. The number of aliphatic carboxylic acids is 1. The molecule has 6 heteroatoms. The molecule has 120 valence electrons. The van der Waals surface area contributed by atoms with Crippen LogP contribution in [0.1, 0.15) is 64.2 Å². The predicted molar refractivity (Wildman–Crippen MR) is 80.0 cm³/mol. The quantitative estimate of drug-likeness (QED) is 0.595. The molecule has 2 aliphatic carbocycles. The molecule has 2 unspecified atom stereocenters. The van der Waals surface area contributed by atoms with Gasteiger partial charge in [0.15, 0.2) is 0 Å². The zero-order valence-corrected chi connectivity index (χ0v) is 12.6. The van der Waals surface area contributed by atoms with Crippen molar-refractivity contribution in [3.63, 3.8) is 0 Å². The van der Waals surface area contributed by atoms with Gasteiger partial charge in [-0.2, -0.15) is 0 Å². The van der Waals surface area contributed by atoms with Crippen LogP contribution in [0.25, 0.3) is 0 Å². The van der Waals surface area contributed by atoms with Crippen molar-refractivity contribution in [1.29, 1.82) is 0 Å². The molecule has 6 nitrogen and oxygen atoms in total. The van der Waals surface area contributed by atoms with Crippen molar-refractivity contribution in [1.82, 2.24) is 10.6 Å². The number of nitrogens with one attached hydrogen (secondary N) is 2. The Bertz CT molecular complexity index is 378. The summed E-state index contributed by atoms with van der Waals surface area (Å²) in [5.74, 6) is -0.924. The lowest BCUT2D eigenvalue weighted by atomic mass is 9.89. The van der Waals surface area contributed by atoms with Crippen molar-refractivity contribution < 1.29 is 14.7 Å². The van der Waals surface area contributed by atoms with Crippen molar-refractivity contribution in [3.8, 4) is 0 Å². The van der Waals surface area contributed by atoms with Crippen LogP contribution in [0.2, 0.25) is 0 Å². The molecule has 0 spiro atoms. The van der Waals surface area contributed by atoms with E-state index in [2.05, 4.69) is 10.6 Å². The molecular formula is C15H27N3O3. The second-order valence-corrected chi connectivity index (χ2v) is 6.45. The molecule has 2 fully saturated rings. The monoisotopic (exact) mass is 297 g/mol. The number of hydrogen-bond donors (Lipinski definition) is 4. The van der Waals surface area contributed by atoms with Crippen molar-refractivity contribution in [2.24, 2.45) is 5.73 Å². The molecule has 0 aliphatic heterocycles. The van der Waals surface area contributed by atoms with Gasteiger partial charge in [0.05, 0.1) is 0 Å². The highest BCUT2D eigenvalue weighted by molar-refractivity contribution is 5.86. The Morgan fingerprint density at radius 2 is 1.62 bits per heavy atom. The maximum absolute atomic E-state index is 12.2. The van der Waals surface area contributed by atoms with Crippen LogP contribution in [0.5, 0.6) is 0 Å². The molecule has 0 saturated heterocycles. The van der Waals surface area contributed by atoms with Crippen LogP contribution < -0.4 is 16.4 Å². The minimum Gasteiger partial charge on any atom is -0.480 e. The first-order valence-electron chi connectivity index (χ1n) is 8.11. The summed E-state index contributed by atoms with van der Waals surface area (Å²) in [5.41, 5.74) is 4.91. The molecule has 2 atom stereocenters. The predicted octanol–water partition coefficient (Wildman–Crippen LogP) is 1.73. The van der Waals surface area contributed by atoms with E-state index in [-0.39, 0.29) is 18.1 Å². The van der Waals surface area contributed by atoms with E-state index in [1.807, 2.05) is 0 Å². The highest BCUT2D eigenvalue weighted by atomic mass is 16.4. The maximum atomic E-state index is 12.2. The van der Waals surface area contributed by atoms with E-state index in [0.717, 1.165) is 51.4 Å². The van der Waals surface area contributed by atoms with Gasteiger partial charge < -0.3 is 21.5 Å². The van der Waals surface area contributed by atoms with Gasteiger partial charge in [-0.1, -0.05) is 38.5 Å². The molecule has 21 heavy (non-hydrogen) atoms. The Hall–Kier alpha value is -1.30. The summed E-state index contributed by atoms with van der Waals surface area (Å²) in [6, 6.07) is -0.462. The van der Waals surface area contributed by atoms with Crippen LogP contribution in [0.3, 0.4) is 0 Å². The lowest BCUT2D eigenvalue weighted by Crippen LogP contribution is -2.60. The number of carboxylic acids is 1. The topological polar surface area (TPSA) is 104 Å². The molecule has 0 radical (unpaired) electrons. The van der Waals surface area contributed by atoms with Crippen molar-refractivity contribution >= 4 is 12.0 Å². The molecule has 2 rings (SSSR count). The van der Waals surface area contributed by atoms with Gasteiger partial charge in [-0.25, -0.2) is 9.59 Å². The Balaban J connectivity index is 1.96.